The Bertz CT molecular complexity index is 531. The number of halogens is 1. The number of ketones is 1. The zero-order valence-corrected chi connectivity index (χ0v) is 12.0. The lowest BCUT2D eigenvalue weighted by Gasteiger charge is -2.07. The number of anilines is 1. The van der Waals surface area contributed by atoms with Gasteiger partial charge in [0.05, 0.1) is 9.88 Å². The second kappa shape index (κ2) is 5.02. The minimum atomic E-state index is 0.0793. The molecule has 0 spiro atoms. The normalized spacial score (nSPS) is 10.3. The van der Waals surface area contributed by atoms with Crippen LogP contribution in [0.1, 0.15) is 15.2 Å². The van der Waals surface area contributed by atoms with Crippen molar-refractivity contribution in [3.8, 4) is 0 Å². The van der Waals surface area contributed by atoms with Gasteiger partial charge in [0.25, 0.3) is 0 Å². The fourth-order valence-electron chi connectivity index (χ4n) is 1.43. The lowest BCUT2D eigenvalue weighted by Crippen LogP contribution is -2.05. The Hall–Kier alpha value is -1.13. The van der Waals surface area contributed by atoms with Crippen molar-refractivity contribution in [3.63, 3.8) is 0 Å². The van der Waals surface area contributed by atoms with Crippen LogP contribution in [0.15, 0.2) is 40.9 Å². The average Bonchev–Trinajstić information content (AvgIpc) is 2.78. The molecule has 0 amide bonds. The average molecular weight is 310 g/mol. The van der Waals surface area contributed by atoms with Gasteiger partial charge in [-0.2, -0.15) is 0 Å². The summed E-state index contributed by atoms with van der Waals surface area (Å²) >= 11 is 4.87. The van der Waals surface area contributed by atoms with Gasteiger partial charge in [0, 0.05) is 24.1 Å². The summed E-state index contributed by atoms with van der Waals surface area (Å²) in [5, 5.41) is 1.09. The molecule has 0 fully saturated rings. The number of carbonyl (C=O) groups is 1. The van der Waals surface area contributed by atoms with E-state index in [1.165, 1.54) is 11.3 Å². The minimum absolute atomic E-state index is 0.0793. The highest BCUT2D eigenvalue weighted by Gasteiger charge is 2.12. The first-order valence-corrected chi connectivity index (χ1v) is 6.76. The quantitative estimate of drug-likeness (QED) is 0.804. The summed E-state index contributed by atoms with van der Waals surface area (Å²) in [5.74, 6) is 0.0793. The summed E-state index contributed by atoms with van der Waals surface area (Å²) in [6, 6.07) is 11.3. The van der Waals surface area contributed by atoms with Crippen LogP contribution in [0, 0.1) is 0 Å². The van der Waals surface area contributed by atoms with Crippen LogP contribution in [-0.4, -0.2) is 19.9 Å². The first-order chi connectivity index (χ1) is 8.08. The Morgan fingerprint density at radius 3 is 2.29 bits per heavy atom. The zero-order chi connectivity index (χ0) is 12.4. The summed E-state index contributed by atoms with van der Waals surface area (Å²) in [6.45, 7) is 0. The maximum atomic E-state index is 12.2. The van der Waals surface area contributed by atoms with E-state index in [4.69, 9.17) is 0 Å². The predicted octanol–water partition coefficient (Wildman–Crippen LogP) is 3.81. The zero-order valence-electron chi connectivity index (χ0n) is 9.61. The van der Waals surface area contributed by atoms with Gasteiger partial charge in [0.1, 0.15) is 0 Å². The molecule has 0 atom stereocenters. The molecule has 1 heterocycles. The van der Waals surface area contributed by atoms with Crippen LogP contribution in [-0.2, 0) is 0 Å². The second-order valence-corrected chi connectivity index (χ2v) is 5.85. The van der Waals surface area contributed by atoms with Crippen LogP contribution in [0.25, 0.3) is 0 Å². The van der Waals surface area contributed by atoms with E-state index in [9.17, 15) is 4.79 Å². The van der Waals surface area contributed by atoms with Crippen LogP contribution in [0.3, 0.4) is 0 Å². The fourth-order valence-corrected chi connectivity index (χ4v) is 2.59. The van der Waals surface area contributed by atoms with Crippen molar-refractivity contribution in [2.75, 3.05) is 19.0 Å². The van der Waals surface area contributed by atoms with Gasteiger partial charge in [0.2, 0.25) is 5.78 Å². The maximum absolute atomic E-state index is 12.2. The largest absolute Gasteiger partial charge is 0.370 e. The lowest BCUT2D eigenvalue weighted by atomic mass is 10.1. The van der Waals surface area contributed by atoms with Crippen LogP contribution in [0.4, 0.5) is 5.00 Å². The summed E-state index contributed by atoms with van der Waals surface area (Å²) in [5.41, 5.74) is 0.723. The van der Waals surface area contributed by atoms with Crippen LogP contribution in [0.5, 0.6) is 0 Å². The van der Waals surface area contributed by atoms with Crippen molar-refractivity contribution in [3.05, 3.63) is 51.3 Å². The van der Waals surface area contributed by atoms with Crippen molar-refractivity contribution >= 4 is 38.1 Å². The molecule has 1 aromatic heterocycles. The van der Waals surface area contributed by atoms with Gasteiger partial charge in [-0.25, -0.2) is 0 Å². The molecule has 0 bridgehead atoms. The van der Waals surface area contributed by atoms with E-state index < -0.39 is 0 Å². The summed E-state index contributed by atoms with van der Waals surface area (Å²) < 4.78 is 0.981. The molecule has 4 heteroatoms. The molecule has 1 aromatic carbocycles. The van der Waals surface area contributed by atoms with Crippen molar-refractivity contribution in [2.24, 2.45) is 0 Å². The van der Waals surface area contributed by atoms with E-state index >= 15 is 0 Å². The van der Waals surface area contributed by atoms with Gasteiger partial charge >= 0.3 is 0 Å². The molecule has 0 aliphatic carbocycles. The van der Waals surface area contributed by atoms with Gasteiger partial charge < -0.3 is 4.90 Å². The van der Waals surface area contributed by atoms with E-state index in [1.807, 2.05) is 55.4 Å². The van der Waals surface area contributed by atoms with E-state index in [1.54, 1.807) is 0 Å². The molecule has 0 saturated carbocycles. The first kappa shape index (κ1) is 12.3. The molecule has 2 nitrogen and oxygen atoms in total. The van der Waals surface area contributed by atoms with Crippen LogP contribution < -0.4 is 4.90 Å². The highest BCUT2D eigenvalue weighted by molar-refractivity contribution is 9.10. The summed E-state index contributed by atoms with van der Waals surface area (Å²) in [6.07, 6.45) is 0. The van der Waals surface area contributed by atoms with Gasteiger partial charge in [-0.15, -0.1) is 11.3 Å². The summed E-state index contributed by atoms with van der Waals surface area (Å²) in [7, 11) is 3.94. The maximum Gasteiger partial charge on any atom is 0.203 e. The topological polar surface area (TPSA) is 20.3 Å². The van der Waals surface area contributed by atoms with Crippen molar-refractivity contribution in [1.29, 1.82) is 0 Å². The van der Waals surface area contributed by atoms with Gasteiger partial charge in [-0.1, -0.05) is 15.9 Å². The minimum Gasteiger partial charge on any atom is -0.370 e. The van der Waals surface area contributed by atoms with Gasteiger partial charge in [0.15, 0.2) is 0 Å². The lowest BCUT2D eigenvalue weighted by molar-refractivity contribution is 0.104. The molecule has 0 aliphatic rings. The highest BCUT2D eigenvalue weighted by Crippen LogP contribution is 2.26. The Balaban J connectivity index is 2.27. The van der Waals surface area contributed by atoms with Crippen molar-refractivity contribution in [1.82, 2.24) is 0 Å². The monoisotopic (exact) mass is 309 g/mol. The molecule has 17 heavy (non-hydrogen) atoms. The molecule has 0 radical (unpaired) electrons. The van der Waals surface area contributed by atoms with Crippen molar-refractivity contribution < 1.29 is 4.79 Å². The molecule has 2 rings (SSSR count). The molecule has 0 unspecified atom stereocenters. The predicted molar refractivity (Wildman–Crippen MR) is 76.2 cm³/mol. The molecular weight excluding hydrogens is 298 g/mol. The van der Waals surface area contributed by atoms with Crippen molar-refractivity contribution in [2.45, 2.75) is 0 Å². The number of thiophene rings is 1. The number of nitrogens with zero attached hydrogens (tertiary/aromatic N) is 1. The molecule has 88 valence electrons. The second-order valence-electron chi connectivity index (χ2n) is 3.87. The number of benzene rings is 1. The van der Waals surface area contributed by atoms with E-state index in [0.717, 1.165) is 19.9 Å². The molecular formula is C13H12BrNOS. The Morgan fingerprint density at radius 1 is 1.12 bits per heavy atom. The number of carbonyl (C=O) groups excluding carboxylic acids is 1. The first-order valence-electron chi connectivity index (χ1n) is 5.15. The smallest absolute Gasteiger partial charge is 0.203 e. The number of rotatable bonds is 3. The molecule has 0 saturated heterocycles. The Morgan fingerprint density at radius 2 is 1.76 bits per heavy atom. The SMILES string of the molecule is CN(C)c1ccc(C(=O)c2ccc(Br)cc2)s1. The fraction of sp³-hybridized carbons (Fsp3) is 0.154. The number of hydrogen-bond acceptors (Lipinski definition) is 3. The summed E-state index contributed by atoms with van der Waals surface area (Å²) in [4.78, 5) is 14.9. The van der Waals surface area contributed by atoms with Crippen LogP contribution >= 0.6 is 27.3 Å². The molecule has 0 aliphatic heterocycles. The molecule has 2 aromatic rings. The van der Waals surface area contributed by atoms with E-state index in [-0.39, 0.29) is 5.78 Å². The van der Waals surface area contributed by atoms with Gasteiger partial charge in [-0.3, -0.25) is 4.79 Å². The van der Waals surface area contributed by atoms with E-state index in [0.29, 0.717) is 0 Å². The third kappa shape index (κ3) is 2.76. The number of hydrogen-bond donors (Lipinski definition) is 0. The Labute approximate surface area is 113 Å². The Kier molecular flexibility index (Phi) is 3.64. The molecule has 0 N–H and O–H groups in total. The standard InChI is InChI=1S/C13H12BrNOS/c1-15(2)12-8-7-11(17-12)13(16)9-3-5-10(14)6-4-9/h3-8H,1-2H3. The van der Waals surface area contributed by atoms with E-state index in [2.05, 4.69) is 15.9 Å². The third-order valence-corrected chi connectivity index (χ3v) is 4.14. The third-order valence-electron chi connectivity index (χ3n) is 2.36. The van der Waals surface area contributed by atoms with Crippen LogP contribution in [0.2, 0.25) is 0 Å². The highest BCUT2D eigenvalue weighted by atomic mass is 79.9. The van der Waals surface area contributed by atoms with Gasteiger partial charge in [-0.05, 0) is 36.4 Å².